The second-order valence-electron chi connectivity index (χ2n) is 8.40. The maximum absolute atomic E-state index is 11.9. The Bertz CT molecular complexity index is 1070. The zero-order valence-corrected chi connectivity index (χ0v) is 20.0. The number of rotatable bonds is 13. The molecule has 1 heterocycles. The van der Waals surface area contributed by atoms with Gasteiger partial charge in [-0.25, -0.2) is 4.98 Å². The summed E-state index contributed by atoms with van der Waals surface area (Å²) in [7, 11) is 1.66. The van der Waals surface area contributed by atoms with Gasteiger partial charge in [-0.15, -0.1) is 6.58 Å². The van der Waals surface area contributed by atoms with E-state index in [4.69, 9.17) is 14.5 Å². The number of fused-ring (bicyclic) bond motifs is 1. The third kappa shape index (κ3) is 6.60. The van der Waals surface area contributed by atoms with E-state index in [2.05, 4.69) is 22.5 Å². The van der Waals surface area contributed by atoms with Gasteiger partial charge in [0.05, 0.1) is 24.8 Å². The molecule has 0 aliphatic rings. The predicted octanol–water partition coefficient (Wildman–Crippen LogP) is 4.95. The lowest BCUT2D eigenvalue weighted by Gasteiger charge is -2.13. The Morgan fingerprint density at radius 1 is 1.18 bits per heavy atom. The number of methoxy groups -OCH3 is 1. The van der Waals surface area contributed by atoms with Crippen LogP contribution in [0.25, 0.3) is 11.0 Å². The first kappa shape index (κ1) is 24.4. The smallest absolute Gasteiger partial charge is 0.222 e. The van der Waals surface area contributed by atoms with Gasteiger partial charge in [-0.05, 0) is 49.1 Å². The Balaban J connectivity index is 1.56. The number of hydrogen-bond donors (Lipinski definition) is 1. The molecule has 0 saturated heterocycles. The fourth-order valence-corrected chi connectivity index (χ4v) is 3.75. The number of carbonyl (C=O) groups is 1. The van der Waals surface area contributed by atoms with E-state index >= 15 is 0 Å². The minimum atomic E-state index is -0.0133. The lowest BCUT2D eigenvalue weighted by atomic mass is 10.1. The molecule has 0 aliphatic carbocycles. The fraction of sp³-hybridized carbons (Fsp3) is 0.407. The van der Waals surface area contributed by atoms with Crippen LogP contribution in [0.5, 0.6) is 11.5 Å². The van der Waals surface area contributed by atoms with Gasteiger partial charge < -0.3 is 19.4 Å². The van der Waals surface area contributed by atoms with Crippen LogP contribution in [0.15, 0.2) is 55.1 Å². The van der Waals surface area contributed by atoms with Crippen LogP contribution < -0.4 is 14.8 Å². The van der Waals surface area contributed by atoms with Crippen molar-refractivity contribution in [2.45, 2.75) is 46.1 Å². The normalized spacial score (nSPS) is 11.0. The van der Waals surface area contributed by atoms with E-state index in [-0.39, 0.29) is 11.8 Å². The Kier molecular flexibility index (Phi) is 8.93. The maximum Gasteiger partial charge on any atom is 0.222 e. The Morgan fingerprint density at radius 3 is 2.76 bits per heavy atom. The first-order chi connectivity index (χ1) is 16.0. The van der Waals surface area contributed by atoms with Crippen molar-refractivity contribution < 1.29 is 14.3 Å². The molecule has 0 saturated carbocycles. The molecule has 0 radical (unpaired) electrons. The molecule has 0 aliphatic heterocycles. The molecule has 1 amide bonds. The number of nitrogens with zero attached hydrogens (tertiary/aromatic N) is 2. The van der Waals surface area contributed by atoms with Crippen molar-refractivity contribution in [3.05, 3.63) is 66.5 Å². The molecule has 1 aromatic heterocycles. The number of carbonyl (C=O) groups excluding carboxylic acids is 1. The fourth-order valence-electron chi connectivity index (χ4n) is 3.75. The van der Waals surface area contributed by atoms with E-state index in [0.717, 1.165) is 59.7 Å². The summed E-state index contributed by atoms with van der Waals surface area (Å²) in [4.78, 5) is 16.7. The van der Waals surface area contributed by atoms with Crippen molar-refractivity contribution in [3.8, 4) is 11.5 Å². The number of para-hydroxylation sites is 2. The van der Waals surface area contributed by atoms with Gasteiger partial charge in [-0.2, -0.15) is 0 Å². The number of aryl methyl sites for hydroxylation is 1. The maximum atomic E-state index is 11.9. The van der Waals surface area contributed by atoms with E-state index in [0.29, 0.717) is 19.6 Å². The molecule has 0 spiro atoms. The first-order valence-corrected chi connectivity index (χ1v) is 11.7. The van der Waals surface area contributed by atoms with Gasteiger partial charge >= 0.3 is 0 Å². The number of amides is 1. The van der Waals surface area contributed by atoms with Crippen molar-refractivity contribution in [3.63, 3.8) is 0 Å². The minimum absolute atomic E-state index is 0.0133. The van der Waals surface area contributed by atoms with Crippen LogP contribution in [0, 0.1) is 5.92 Å². The summed E-state index contributed by atoms with van der Waals surface area (Å²) in [5, 5.41) is 2.99. The van der Waals surface area contributed by atoms with E-state index < -0.39 is 0 Å². The summed E-state index contributed by atoms with van der Waals surface area (Å²) in [6, 6.07) is 14.2. The molecule has 1 N–H and O–H groups in total. The zero-order chi connectivity index (χ0) is 23.6. The van der Waals surface area contributed by atoms with Gasteiger partial charge in [0.2, 0.25) is 5.91 Å². The Morgan fingerprint density at radius 2 is 2.00 bits per heavy atom. The third-order valence-electron chi connectivity index (χ3n) is 5.55. The van der Waals surface area contributed by atoms with Crippen molar-refractivity contribution in [2.75, 3.05) is 20.3 Å². The topological polar surface area (TPSA) is 65.4 Å². The largest absolute Gasteiger partial charge is 0.493 e. The molecule has 0 unspecified atom stereocenters. The van der Waals surface area contributed by atoms with Gasteiger partial charge in [0, 0.05) is 25.4 Å². The molecule has 0 bridgehead atoms. The van der Waals surface area contributed by atoms with Crippen molar-refractivity contribution in [1.29, 1.82) is 0 Å². The van der Waals surface area contributed by atoms with E-state index in [1.807, 2.05) is 56.3 Å². The van der Waals surface area contributed by atoms with E-state index in [9.17, 15) is 4.79 Å². The Labute approximate surface area is 196 Å². The number of hydrogen-bond acceptors (Lipinski definition) is 4. The van der Waals surface area contributed by atoms with Crippen molar-refractivity contribution >= 4 is 16.9 Å². The van der Waals surface area contributed by atoms with Crippen LogP contribution in [0.4, 0.5) is 0 Å². The van der Waals surface area contributed by atoms with Gasteiger partial charge in [0.25, 0.3) is 0 Å². The summed E-state index contributed by atoms with van der Waals surface area (Å²) in [5.74, 6) is 2.57. The van der Waals surface area contributed by atoms with Crippen molar-refractivity contribution in [2.24, 2.45) is 5.92 Å². The molecule has 0 atom stereocenters. The summed E-state index contributed by atoms with van der Waals surface area (Å²) >= 11 is 0. The number of benzene rings is 2. The number of allylic oxidation sites excluding steroid dienone is 1. The highest BCUT2D eigenvalue weighted by molar-refractivity contribution is 5.78. The summed E-state index contributed by atoms with van der Waals surface area (Å²) in [6.07, 6.45) is 5.26. The lowest BCUT2D eigenvalue weighted by Crippen LogP contribution is -2.30. The second kappa shape index (κ2) is 12.1. The van der Waals surface area contributed by atoms with Crippen LogP contribution in [0.3, 0.4) is 0 Å². The van der Waals surface area contributed by atoms with Gasteiger partial charge in [-0.1, -0.05) is 38.1 Å². The summed E-state index contributed by atoms with van der Waals surface area (Å²) < 4.78 is 13.7. The quantitative estimate of drug-likeness (QED) is 0.296. The SMILES string of the molecule is C=CCc1ccc(OCCCCn2c(CCNC(=O)C(C)C)nc3ccccc32)c(OC)c1. The molecule has 33 heavy (non-hydrogen) atoms. The molecule has 3 rings (SSSR count). The minimum Gasteiger partial charge on any atom is -0.493 e. The molecule has 6 heteroatoms. The standard InChI is InChI=1S/C27H35N3O3/c1-5-10-21-13-14-24(25(19-21)32-4)33-18-9-8-17-30-23-12-7-6-11-22(23)29-26(30)15-16-28-27(31)20(2)3/h5-7,11-14,19-20H,1,8-10,15-18H2,2-4H3,(H,28,31). The average Bonchev–Trinajstić information content (AvgIpc) is 3.16. The molecule has 176 valence electrons. The molecule has 2 aromatic carbocycles. The monoisotopic (exact) mass is 449 g/mol. The first-order valence-electron chi connectivity index (χ1n) is 11.7. The average molecular weight is 450 g/mol. The van der Waals surface area contributed by atoms with Gasteiger partial charge in [0.15, 0.2) is 11.5 Å². The zero-order valence-electron chi connectivity index (χ0n) is 20.0. The second-order valence-corrected chi connectivity index (χ2v) is 8.40. The van der Waals surface area contributed by atoms with Gasteiger partial charge in [0.1, 0.15) is 5.82 Å². The molecule has 6 nitrogen and oxygen atoms in total. The molecular weight excluding hydrogens is 414 g/mol. The van der Waals surface area contributed by atoms with Crippen LogP contribution in [-0.2, 0) is 24.2 Å². The van der Waals surface area contributed by atoms with Crippen LogP contribution in [0.2, 0.25) is 0 Å². The summed E-state index contributed by atoms with van der Waals surface area (Å²) in [6.45, 7) is 9.64. The molecule has 0 fully saturated rings. The van der Waals surface area contributed by atoms with Crippen LogP contribution in [0.1, 0.15) is 38.1 Å². The number of ether oxygens (including phenoxy) is 2. The van der Waals surface area contributed by atoms with Crippen LogP contribution >= 0.6 is 0 Å². The van der Waals surface area contributed by atoms with Gasteiger partial charge in [-0.3, -0.25) is 4.79 Å². The molecular formula is C27H35N3O3. The van der Waals surface area contributed by atoms with E-state index in [1.54, 1.807) is 7.11 Å². The Hall–Kier alpha value is -3.28. The third-order valence-corrected chi connectivity index (χ3v) is 5.55. The predicted molar refractivity (Wildman–Crippen MR) is 133 cm³/mol. The van der Waals surface area contributed by atoms with Crippen LogP contribution in [-0.4, -0.2) is 35.7 Å². The highest BCUT2D eigenvalue weighted by Gasteiger charge is 2.12. The molecule has 3 aromatic rings. The number of unbranched alkanes of at least 4 members (excludes halogenated alkanes) is 1. The highest BCUT2D eigenvalue weighted by atomic mass is 16.5. The highest BCUT2D eigenvalue weighted by Crippen LogP contribution is 2.28. The number of aromatic nitrogens is 2. The van der Waals surface area contributed by atoms with Crippen molar-refractivity contribution in [1.82, 2.24) is 14.9 Å². The lowest BCUT2D eigenvalue weighted by molar-refractivity contribution is -0.123. The summed E-state index contributed by atoms with van der Waals surface area (Å²) in [5.41, 5.74) is 3.27. The van der Waals surface area contributed by atoms with E-state index in [1.165, 1.54) is 0 Å². The number of imidazole rings is 1. The number of nitrogens with one attached hydrogen (secondary N) is 1.